The minimum atomic E-state index is -0.790. The molecule has 1 unspecified atom stereocenters. The Kier molecular flexibility index (Phi) is 5.71. The largest absolute Gasteiger partial charge is 0.459 e. The molecule has 0 amide bonds. The first kappa shape index (κ1) is 21.3. The molecule has 3 rings (SSSR count). The van der Waals surface area contributed by atoms with E-state index in [1.165, 1.54) is 22.3 Å². The lowest BCUT2D eigenvalue weighted by Gasteiger charge is -2.47. The van der Waals surface area contributed by atoms with Gasteiger partial charge in [0.25, 0.3) is 5.78 Å². The molecule has 1 aliphatic carbocycles. The fraction of sp³-hybridized carbons (Fsp3) is 0.462. The van der Waals surface area contributed by atoms with Gasteiger partial charge in [0.1, 0.15) is 0 Å². The molecule has 0 aromatic heterocycles. The van der Waals surface area contributed by atoms with Gasteiger partial charge < -0.3 is 4.74 Å². The van der Waals surface area contributed by atoms with Gasteiger partial charge in [0.05, 0.1) is 6.61 Å². The molecule has 0 N–H and O–H groups in total. The van der Waals surface area contributed by atoms with Gasteiger partial charge in [-0.1, -0.05) is 77.1 Å². The Labute approximate surface area is 174 Å². The molecule has 29 heavy (non-hydrogen) atoms. The van der Waals surface area contributed by atoms with Crippen LogP contribution in [0.15, 0.2) is 42.5 Å². The van der Waals surface area contributed by atoms with Crippen LogP contribution in [0.1, 0.15) is 73.7 Å². The quantitative estimate of drug-likeness (QED) is 0.380. The first-order valence-corrected chi connectivity index (χ1v) is 10.4. The van der Waals surface area contributed by atoms with E-state index in [-0.39, 0.29) is 17.4 Å². The average molecular weight is 393 g/mol. The molecule has 0 heterocycles. The van der Waals surface area contributed by atoms with Crippen molar-refractivity contribution in [1.82, 2.24) is 0 Å². The molecule has 1 atom stereocenters. The fourth-order valence-electron chi connectivity index (χ4n) is 4.54. The van der Waals surface area contributed by atoms with Gasteiger partial charge in [-0.25, -0.2) is 4.79 Å². The van der Waals surface area contributed by atoms with Crippen molar-refractivity contribution in [2.24, 2.45) is 5.92 Å². The van der Waals surface area contributed by atoms with Gasteiger partial charge in [-0.3, -0.25) is 4.79 Å². The summed E-state index contributed by atoms with van der Waals surface area (Å²) in [4.78, 5) is 24.3. The Bertz CT molecular complexity index is 922. The number of aryl methyl sites for hydroxylation is 1. The van der Waals surface area contributed by atoms with Crippen molar-refractivity contribution in [3.05, 3.63) is 70.3 Å². The maximum absolute atomic E-state index is 12.2. The molecular formula is C26H32O3. The number of esters is 1. The summed E-state index contributed by atoms with van der Waals surface area (Å²) in [7, 11) is 0. The van der Waals surface area contributed by atoms with Crippen LogP contribution in [0.2, 0.25) is 0 Å². The second kappa shape index (κ2) is 7.78. The molecular weight excluding hydrogens is 360 g/mol. The Balaban J connectivity index is 1.74. The van der Waals surface area contributed by atoms with Crippen molar-refractivity contribution >= 4 is 11.8 Å². The summed E-state index contributed by atoms with van der Waals surface area (Å²) in [6.45, 7) is 14.0. The van der Waals surface area contributed by atoms with E-state index in [0.29, 0.717) is 17.9 Å². The molecule has 3 heteroatoms. The summed E-state index contributed by atoms with van der Waals surface area (Å²) in [6.07, 6.45) is 1.76. The molecule has 0 saturated heterocycles. The number of carbonyl (C=O) groups excluding carboxylic acids is 2. The molecule has 1 aliphatic rings. The molecule has 0 radical (unpaired) electrons. The first-order valence-electron chi connectivity index (χ1n) is 10.4. The fourth-order valence-corrected chi connectivity index (χ4v) is 4.54. The molecule has 0 spiro atoms. The Morgan fingerprint density at radius 2 is 1.69 bits per heavy atom. The number of hydrogen-bond acceptors (Lipinski definition) is 3. The van der Waals surface area contributed by atoms with E-state index in [1.54, 1.807) is 24.3 Å². The highest BCUT2D eigenvalue weighted by Gasteiger charge is 2.42. The van der Waals surface area contributed by atoms with Crippen molar-refractivity contribution < 1.29 is 14.3 Å². The maximum Gasteiger partial charge on any atom is 0.379 e. The van der Waals surface area contributed by atoms with Gasteiger partial charge in [0.2, 0.25) is 0 Å². The van der Waals surface area contributed by atoms with Gasteiger partial charge in [-0.05, 0) is 52.3 Å². The molecule has 3 nitrogen and oxygen atoms in total. The zero-order valence-corrected chi connectivity index (χ0v) is 18.5. The molecule has 154 valence electrons. The molecule has 0 aliphatic heterocycles. The van der Waals surface area contributed by atoms with E-state index in [0.717, 1.165) is 6.42 Å². The third kappa shape index (κ3) is 4.14. The van der Waals surface area contributed by atoms with E-state index in [9.17, 15) is 9.59 Å². The van der Waals surface area contributed by atoms with E-state index >= 15 is 0 Å². The number of benzene rings is 2. The van der Waals surface area contributed by atoms with E-state index in [2.05, 4.69) is 53.7 Å². The maximum atomic E-state index is 12.2. The van der Waals surface area contributed by atoms with Gasteiger partial charge in [-0.15, -0.1) is 0 Å². The number of ketones is 1. The Morgan fingerprint density at radius 1 is 1.03 bits per heavy atom. The zero-order chi connectivity index (χ0) is 21.4. The lowest BCUT2D eigenvalue weighted by Crippen LogP contribution is -2.40. The van der Waals surface area contributed by atoms with Crippen LogP contribution in [-0.4, -0.2) is 18.4 Å². The van der Waals surface area contributed by atoms with Gasteiger partial charge in [-0.2, -0.15) is 0 Å². The highest BCUT2D eigenvalue weighted by Crippen LogP contribution is 2.49. The number of Topliss-reactive ketones (excluding diaryl/α,β-unsaturated/α-hetero) is 1. The van der Waals surface area contributed by atoms with Crippen LogP contribution >= 0.6 is 0 Å². The number of rotatable bonds is 5. The Morgan fingerprint density at radius 3 is 2.34 bits per heavy atom. The van der Waals surface area contributed by atoms with Crippen LogP contribution in [0.25, 0.3) is 0 Å². The molecule has 0 saturated carbocycles. The van der Waals surface area contributed by atoms with Crippen molar-refractivity contribution in [2.75, 3.05) is 6.61 Å². The lowest BCUT2D eigenvalue weighted by molar-refractivity contribution is -0.138. The van der Waals surface area contributed by atoms with Gasteiger partial charge in [0.15, 0.2) is 0 Å². The third-order valence-corrected chi connectivity index (χ3v) is 6.77. The minimum Gasteiger partial charge on any atom is -0.459 e. The van der Waals surface area contributed by atoms with Crippen molar-refractivity contribution in [2.45, 2.75) is 65.2 Å². The van der Waals surface area contributed by atoms with Crippen LogP contribution in [-0.2, 0) is 26.8 Å². The monoisotopic (exact) mass is 392 g/mol. The smallest absolute Gasteiger partial charge is 0.379 e. The zero-order valence-electron chi connectivity index (χ0n) is 18.5. The van der Waals surface area contributed by atoms with E-state index in [4.69, 9.17) is 4.74 Å². The summed E-state index contributed by atoms with van der Waals surface area (Å²) in [6, 6.07) is 13.2. The summed E-state index contributed by atoms with van der Waals surface area (Å²) >= 11 is 0. The van der Waals surface area contributed by atoms with Crippen molar-refractivity contribution in [3.8, 4) is 0 Å². The lowest BCUT2D eigenvalue weighted by atomic mass is 9.58. The molecule has 2 aromatic rings. The SMILES string of the molecule is Cc1cc2c(cc1CCOC(=O)C(=O)c1ccccc1)C(C)(C)CC(C)C2(C)C. The van der Waals surface area contributed by atoms with Crippen LogP contribution < -0.4 is 0 Å². The number of hydrogen-bond donors (Lipinski definition) is 0. The predicted octanol–water partition coefficient (Wildman–Crippen LogP) is 5.56. The van der Waals surface area contributed by atoms with Crippen LogP contribution in [0.4, 0.5) is 0 Å². The molecule has 0 bridgehead atoms. The number of carbonyl (C=O) groups is 2. The second-order valence-electron chi connectivity index (χ2n) is 9.62. The van der Waals surface area contributed by atoms with E-state index < -0.39 is 11.8 Å². The van der Waals surface area contributed by atoms with Crippen molar-refractivity contribution in [3.63, 3.8) is 0 Å². The standard InChI is InChI=1S/C26H32O3/c1-17-14-22-21(25(3,4)16-18(2)26(22,5)6)15-20(17)12-13-29-24(28)23(27)19-10-8-7-9-11-19/h7-11,14-15,18H,12-13,16H2,1-6H3. The average Bonchev–Trinajstić information content (AvgIpc) is 2.67. The summed E-state index contributed by atoms with van der Waals surface area (Å²) in [5, 5.41) is 0. The van der Waals surface area contributed by atoms with Crippen LogP contribution in [0.5, 0.6) is 0 Å². The topological polar surface area (TPSA) is 43.4 Å². The first-order chi connectivity index (χ1) is 13.5. The molecule has 2 aromatic carbocycles. The van der Waals surface area contributed by atoms with Gasteiger partial charge in [0, 0.05) is 12.0 Å². The summed E-state index contributed by atoms with van der Waals surface area (Å²) < 4.78 is 5.28. The Hall–Kier alpha value is -2.42. The van der Waals surface area contributed by atoms with Gasteiger partial charge >= 0.3 is 5.97 Å². The highest BCUT2D eigenvalue weighted by molar-refractivity contribution is 6.40. The van der Waals surface area contributed by atoms with Crippen LogP contribution in [0, 0.1) is 12.8 Å². The van der Waals surface area contributed by atoms with Crippen LogP contribution in [0.3, 0.4) is 0 Å². The summed E-state index contributed by atoms with van der Waals surface area (Å²) in [5.74, 6) is -0.771. The summed E-state index contributed by atoms with van der Waals surface area (Å²) in [5.41, 5.74) is 5.84. The number of ether oxygens (including phenoxy) is 1. The third-order valence-electron chi connectivity index (χ3n) is 6.77. The predicted molar refractivity (Wildman–Crippen MR) is 116 cm³/mol. The highest BCUT2D eigenvalue weighted by atomic mass is 16.5. The number of fused-ring (bicyclic) bond motifs is 1. The molecule has 0 fully saturated rings. The minimum absolute atomic E-state index is 0.118. The second-order valence-corrected chi connectivity index (χ2v) is 9.62. The van der Waals surface area contributed by atoms with Crippen molar-refractivity contribution in [1.29, 1.82) is 0 Å². The van der Waals surface area contributed by atoms with E-state index in [1.807, 2.05) is 6.07 Å². The normalized spacial score (nSPS) is 19.3.